The van der Waals surface area contributed by atoms with Crippen LogP contribution in [0, 0.1) is 0 Å². The first-order chi connectivity index (χ1) is 8.06. The lowest BCUT2D eigenvalue weighted by Crippen LogP contribution is -1.89. The molecule has 0 amide bonds. The molecule has 0 heterocycles. The highest BCUT2D eigenvalue weighted by Gasteiger charge is 2.10. The molecule has 0 spiro atoms. The predicted octanol–water partition coefficient (Wildman–Crippen LogP) is 3.32. The molecule has 0 unspecified atom stereocenters. The second kappa shape index (κ2) is 11.2. The summed E-state index contributed by atoms with van der Waals surface area (Å²) >= 11 is 0. The highest BCUT2D eigenvalue weighted by molar-refractivity contribution is 7.51. The molecule has 0 aromatic carbocycles. The van der Waals surface area contributed by atoms with Crippen molar-refractivity contribution in [3.8, 4) is 0 Å². The summed E-state index contributed by atoms with van der Waals surface area (Å²) < 4.78 is 15.6. The van der Waals surface area contributed by atoms with Gasteiger partial charge in [-0.1, -0.05) is 44.9 Å². The van der Waals surface area contributed by atoms with E-state index < -0.39 is 7.60 Å². The lowest BCUT2D eigenvalue weighted by molar-refractivity contribution is 0.192. The quantitative estimate of drug-likeness (QED) is 0.420. The van der Waals surface area contributed by atoms with Gasteiger partial charge in [0.25, 0.3) is 0 Å². The Hall–Kier alpha value is 0.110. The van der Waals surface area contributed by atoms with Crippen LogP contribution in [0.2, 0.25) is 0 Å². The monoisotopic (exact) mass is 266 g/mol. The summed E-state index contributed by atoms with van der Waals surface area (Å²) in [5.74, 6) is 0. The van der Waals surface area contributed by atoms with E-state index in [0.29, 0.717) is 6.42 Å². The molecule has 0 saturated carbocycles. The molecule has 0 radical (unpaired) electrons. The molecule has 0 aliphatic heterocycles. The van der Waals surface area contributed by atoms with Gasteiger partial charge in [-0.3, -0.25) is 4.57 Å². The molecule has 0 saturated heterocycles. The summed E-state index contributed by atoms with van der Waals surface area (Å²) in [5.41, 5.74) is 0. The van der Waals surface area contributed by atoms with Crippen molar-refractivity contribution in [3.63, 3.8) is 0 Å². The van der Waals surface area contributed by atoms with E-state index in [2.05, 4.69) is 0 Å². The topological polar surface area (TPSA) is 66.8 Å². The molecule has 0 aliphatic rings. The summed E-state index contributed by atoms with van der Waals surface area (Å²) in [4.78, 5) is 17.3. The van der Waals surface area contributed by atoms with Crippen molar-refractivity contribution >= 4 is 7.60 Å². The molecule has 5 heteroatoms. The van der Waals surface area contributed by atoms with Gasteiger partial charge in [0.1, 0.15) is 0 Å². The third-order valence-corrected chi connectivity index (χ3v) is 3.70. The molecule has 2 N–H and O–H groups in total. The minimum atomic E-state index is -3.75. The number of rotatable bonds is 12. The van der Waals surface area contributed by atoms with Crippen molar-refractivity contribution in [2.75, 3.05) is 19.9 Å². The normalized spacial score (nSPS) is 11.9. The van der Waals surface area contributed by atoms with Crippen molar-refractivity contribution < 1.29 is 19.1 Å². The number of methoxy groups -OCH3 is 1. The van der Waals surface area contributed by atoms with Crippen LogP contribution >= 0.6 is 7.60 Å². The summed E-state index contributed by atoms with van der Waals surface area (Å²) in [6.45, 7) is 0.863. The second-order valence-electron chi connectivity index (χ2n) is 4.56. The van der Waals surface area contributed by atoms with Gasteiger partial charge in [0.15, 0.2) is 0 Å². The summed E-state index contributed by atoms with van der Waals surface area (Å²) in [7, 11) is -2.02. The zero-order chi connectivity index (χ0) is 13.0. The largest absolute Gasteiger partial charge is 0.385 e. The fraction of sp³-hybridized carbons (Fsp3) is 1.00. The second-order valence-corrected chi connectivity index (χ2v) is 6.34. The van der Waals surface area contributed by atoms with Gasteiger partial charge in [-0.2, -0.15) is 0 Å². The van der Waals surface area contributed by atoms with Gasteiger partial charge >= 0.3 is 7.60 Å². The van der Waals surface area contributed by atoms with E-state index in [-0.39, 0.29) is 6.16 Å². The Morgan fingerprint density at radius 3 is 1.65 bits per heavy atom. The first-order valence-corrected chi connectivity index (χ1v) is 8.39. The Morgan fingerprint density at radius 2 is 1.24 bits per heavy atom. The molecule has 0 aromatic rings. The van der Waals surface area contributed by atoms with Crippen molar-refractivity contribution in [3.05, 3.63) is 0 Å². The van der Waals surface area contributed by atoms with E-state index in [0.717, 1.165) is 25.9 Å². The van der Waals surface area contributed by atoms with E-state index in [9.17, 15) is 4.57 Å². The highest BCUT2D eigenvalue weighted by Crippen LogP contribution is 2.35. The molecule has 0 rings (SSSR count). The molecule has 17 heavy (non-hydrogen) atoms. The third-order valence-electron chi connectivity index (χ3n) is 2.80. The molecule has 0 aromatic heterocycles. The standard InChI is InChI=1S/C12H27O4P/c1-16-11-9-7-5-3-2-4-6-8-10-12-17(13,14)15/h2-12H2,1H3,(H2,13,14,15). The number of hydrogen-bond acceptors (Lipinski definition) is 2. The molecule has 0 bridgehead atoms. The number of ether oxygens (including phenoxy) is 1. The summed E-state index contributed by atoms with van der Waals surface area (Å²) in [6, 6.07) is 0. The van der Waals surface area contributed by atoms with E-state index >= 15 is 0 Å². The van der Waals surface area contributed by atoms with Gasteiger partial charge in [-0.25, -0.2) is 0 Å². The Kier molecular flexibility index (Phi) is 11.3. The van der Waals surface area contributed by atoms with Crippen LogP contribution in [0.15, 0.2) is 0 Å². The van der Waals surface area contributed by atoms with Crippen LogP contribution < -0.4 is 0 Å². The van der Waals surface area contributed by atoms with E-state index in [1.54, 1.807) is 7.11 Å². The van der Waals surface area contributed by atoms with E-state index in [1.165, 1.54) is 32.1 Å². The molecular weight excluding hydrogens is 239 g/mol. The van der Waals surface area contributed by atoms with Crippen LogP contribution in [0.25, 0.3) is 0 Å². The predicted molar refractivity (Wildman–Crippen MR) is 70.3 cm³/mol. The fourth-order valence-corrected chi connectivity index (χ4v) is 2.44. The van der Waals surface area contributed by atoms with Gasteiger partial charge in [0.05, 0.1) is 0 Å². The Morgan fingerprint density at radius 1 is 0.824 bits per heavy atom. The average molecular weight is 266 g/mol. The Bertz CT molecular complexity index is 203. The van der Waals surface area contributed by atoms with Crippen molar-refractivity contribution in [2.24, 2.45) is 0 Å². The first-order valence-electron chi connectivity index (χ1n) is 6.60. The molecule has 0 aliphatic carbocycles. The summed E-state index contributed by atoms with van der Waals surface area (Å²) in [6.07, 6.45) is 10.1. The fourth-order valence-electron chi connectivity index (χ4n) is 1.80. The number of unbranched alkanes of at least 4 members (excludes halogenated alkanes) is 8. The smallest absolute Gasteiger partial charge is 0.325 e. The molecular formula is C12H27O4P. The SMILES string of the molecule is COCCCCCCCCCCCP(=O)(O)O. The third kappa shape index (κ3) is 16.1. The van der Waals surface area contributed by atoms with Crippen LogP contribution in [-0.2, 0) is 9.30 Å². The maximum absolute atomic E-state index is 10.6. The molecule has 104 valence electrons. The lowest BCUT2D eigenvalue weighted by atomic mass is 10.1. The van der Waals surface area contributed by atoms with Gasteiger partial charge in [0.2, 0.25) is 0 Å². The maximum atomic E-state index is 10.6. The number of hydrogen-bond donors (Lipinski definition) is 2. The van der Waals surface area contributed by atoms with Gasteiger partial charge in [0, 0.05) is 19.9 Å². The van der Waals surface area contributed by atoms with Gasteiger partial charge < -0.3 is 14.5 Å². The van der Waals surface area contributed by atoms with Crippen LogP contribution in [0.1, 0.15) is 57.8 Å². The van der Waals surface area contributed by atoms with Crippen LogP contribution in [0.5, 0.6) is 0 Å². The Balaban J connectivity index is 3.01. The zero-order valence-corrected chi connectivity index (χ0v) is 11.8. The first kappa shape index (κ1) is 17.1. The molecule has 0 atom stereocenters. The molecule has 0 fully saturated rings. The van der Waals surface area contributed by atoms with Gasteiger partial charge in [-0.15, -0.1) is 0 Å². The minimum absolute atomic E-state index is 0.0457. The Labute approximate surface area is 105 Å². The van der Waals surface area contributed by atoms with E-state index in [1.807, 2.05) is 0 Å². The van der Waals surface area contributed by atoms with Crippen molar-refractivity contribution in [1.29, 1.82) is 0 Å². The lowest BCUT2D eigenvalue weighted by Gasteiger charge is -2.04. The van der Waals surface area contributed by atoms with E-state index in [4.69, 9.17) is 14.5 Å². The van der Waals surface area contributed by atoms with Crippen LogP contribution in [0.3, 0.4) is 0 Å². The molecule has 4 nitrogen and oxygen atoms in total. The summed E-state index contributed by atoms with van der Waals surface area (Å²) in [5, 5.41) is 0. The maximum Gasteiger partial charge on any atom is 0.325 e. The van der Waals surface area contributed by atoms with Crippen LogP contribution in [-0.4, -0.2) is 29.7 Å². The average Bonchev–Trinajstić information content (AvgIpc) is 2.24. The van der Waals surface area contributed by atoms with Crippen molar-refractivity contribution in [2.45, 2.75) is 57.8 Å². The highest BCUT2D eigenvalue weighted by atomic mass is 31.2. The zero-order valence-electron chi connectivity index (χ0n) is 10.9. The minimum Gasteiger partial charge on any atom is -0.385 e. The van der Waals surface area contributed by atoms with Crippen molar-refractivity contribution in [1.82, 2.24) is 0 Å². The van der Waals surface area contributed by atoms with Crippen LogP contribution in [0.4, 0.5) is 0 Å². The van der Waals surface area contributed by atoms with Gasteiger partial charge in [-0.05, 0) is 12.8 Å².